The molecule has 2 aromatic rings. The third-order valence-corrected chi connectivity index (χ3v) is 7.39. The molecule has 2 aromatic heterocycles. The number of hydrogen-bond acceptors (Lipinski definition) is 6. The maximum Gasteiger partial charge on any atom is 0.225 e. The van der Waals surface area contributed by atoms with Crippen molar-refractivity contribution in [2.24, 2.45) is 0 Å². The Labute approximate surface area is 160 Å². The van der Waals surface area contributed by atoms with Gasteiger partial charge in [-0.15, -0.1) is 11.3 Å². The van der Waals surface area contributed by atoms with E-state index in [1.807, 2.05) is 0 Å². The Morgan fingerprint density at radius 1 is 1.27 bits per heavy atom. The molecular weight excluding hydrogens is 345 g/mol. The molecule has 1 unspecified atom stereocenters. The number of rotatable bonds is 6. The Hall–Kier alpha value is -1.18. The molecule has 2 aliphatic rings. The summed E-state index contributed by atoms with van der Waals surface area (Å²) in [6.07, 6.45) is 9.50. The number of aryl methyl sites for hydroxylation is 1. The first-order valence-corrected chi connectivity index (χ1v) is 10.8. The zero-order valence-electron chi connectivity index (χ0n) is 15.8. The monoisotopic (exact) mass is 373 g/mol. The third-order valence-electron chi connectivity index (χ3n) is 6.22. The summed E-state index contributed by atoms with van der Waals surface area (Å²) in [5.41, 5.74) is 1.36. The molecule has 1 fully saturated rings. The Morgan fingerprint density at radius 2 is 2.08 bits per heavy atom. The van der Waals surface area contributed by atoms with Crippen LogP contribution in [0.2, 0.25) is 6.82 Å². The minimum absolute atomic E-state index is 0.236. The molecule has 140 valence electrons. The minimum atomic E-state index is 0.236. The summed E-state index contributed by atoms with van der Waals surface area (Å²) >= 11 is 1.78. The van der Waals surface area contributed by atoms with Crippen LogP contribution >= 0.6 is 11.3 Å². The normalized spacial score (nSPS) is 25.6. The van der Waals surface area contributed by atoms with E-state index in [1.165, 1.54) is 23.3 Å². The van der Waals surface area contributed by atoms with E-state index in [0.717, 1.165) is 55.6 Å². The van der Waals surface area contributed by atoms with Crippen LogP contribution in [0, 0.1) is 0 Å². The number of ether oxygens (including phenoxy) is 1. The Morgan fingerprint density at radius 3 is 2.81 bits per heavy atom. The molecule has 0 radical (unpaired) electrons. The topological polar surface area (TPSA) is 58.5 Å². The molecule has 0 amide bonds. The molecule has 0 aliphatic heterocycles. The number of aliphatic hydroxyl groups excluding tert-OH is 1. The Bertz CT molecular complexity index is 761. The molecule has 0 saturated heterocycles. The number of nitrogens with zero attached hydrogens (tertiary/aromatic N) is 3. The Balaban J connectivity index is 1.54. The highest BCUT2D eigenvalue weighted by molar-refractivity contribution is 7.19. The predicted molar refractivity (Wildman–Crippen MR) is 108 cm³/mol. The molecule has 1 saturated carbocycles. The van der Waals surface area contributed by atoms with E-state index >= 15 is 0 Å². The van der Waals surface area contributed by atoms with Crippen molar-refractivity contribution in [3.05, 3.63) is 16.8 Å². The number of thiophene rings is 1. The van der Waals surface area contributed by atoms with Gasteiger partial charge in [0.15, 0.2) is 0 Å². The van der Waals surface area contributed by atoms with Gasteiger partial charge in [0.25, 0.3) is 0 Å². The van der Waals surface area contributed by atoms with Crippen molar-refractivity contribution in [1.29, 1.82) is 0 Å². The molecule has 1 atom stereocenters. The number of aliphatic hydroxyl groups is 1. The first kappa shape index (κ1) is 18.2. The summed E-state index contributed by atoms with van der Waals surface area (Å²) in [4.78, 5) is 13.9. The van der Waals surface area contributed by atoms with Crippen molar-refractivity contribution < 1.29 is 9.84 Å². The van der Waals surface area contributed by atoms with Crippen LogP contribution in [0.15, 0.2) is 6.33 Å². The number of fused-ring (bicyclic) bond motifs is 3. The molecule has 7 heteroatoms. The summed E-state index contributed by atoms with van der Waals surface area (Å²) in [5.74, 6) is 1.19. The third kappa shape index (κ3) is 3.37. The summed E-state index contributed by atoms with van der Waals surface area (Å²) in [7, 11) is 3.33. The van der Waals surface area contributed by atoms with E-state index in [1.54, 1.807) is 17.7 Å². The van der Waals surface area contributed by atoms with Gasteiger partial charge in [-0.05, 0) is 69.5 Å². The van der Waals surface area contributed by atoms with Crippen molar-refractivity contribution in [2.75, 3.05) is 13.7 Å². The highest BCUT2D eigenvalue weighted by Crippen LogP contribution is 2.47. The van der Waals surface area contributed by atoms with Gasteiger partial charge in [0, 0.05) is 11.5 Å². The standard InChI is InChI=1S/C19H28BN3O2S/c1-20-23(2)13-4-6-14(7-5-13)25-18-17-16-12(9-10-24)3-8-15(16)26-19(17)22-11-21-18/h11-14,20,24H,3-10H2,1-2H3/t12?,13-,14-. The first-order valence-electron chi connectivity index (χ1n) is 9.95. The van der Waals surface area contributed by atoms with E-state index in [-0.39, 0.29) is 12.7 Å². The molecule has 26 heavy (non-hydrogen) atoms. The zero-order valence-corrected chi connectivity index (χ0v) is 16.6. The molecule has 1 N–H and O–H groups in total. The van der Waals surface area contributed by atoms with E-state index in [4.69, 9.17) is 4.74 Å². The van der Waals surface area contributed by atoms with E-state index < -0.39 is 0 Å². The van der Waals surface area contributed by atoms with Gasteiger partial charge in [0.05, 0.1) is 5.39 Å². The fourth-order valence-corrected chi connectivity index (χ4v) is 5.83. The van der Waals surface area contributed by atoms with Crippen molar-refractivity contribution >= 4 is 29.0 Å². The van der Waals surface area contributed by atoms with Crippen LogP contribution in [0.4, 0.5) is 0 Å². The van der Waals surface area contributed by atoms with Crippen LogP contribution in [0.25, 0.3) is 10.2 Å². The number of hydrogen-bond donors (Lipinski definition) is 1. The fourth-order valence-electron chi connectivity index (χ4n) is 4.59. The summed E-state index contributed by atoms with van der Waals surface area (Å²) < 4.78 is 6.41. The number of aromatic nitrogens is 2. The largest absolute Gasteiger partial charge is 0.474 e. The van der Waals surface area contributed by atoms with Crippen molar-refractivity contribution in [3.8, 4) is 5.88 Å². The minimum Gasteiger partial charge on any atom is -0.474 e. The van der Waals surface area contributed by atoms with E-state index in [2.05, 4.69) is 28.6 Å². The highest BCUT2D eigenvalue weighted by atomic mass is 32.1. The average molecular weight is 373 g/mol. The van der Waals surface area contributed by atoms with Crippen molar-refractivity contribution in [2.45, 2.75) is 69.8 Å². The van der Waals surface area contributed by atoms with Crippen LogP contribution in [0.5, 0.6) is 5.88 Å². The smallest absolute Gasteiger partial charge is 0.225 e. The molecule has 2 heterocycles. The molecule has 4 rings (SSSR count). The lowest BCUT2D eigenvalue weighted by Crippen LogP contribution is -2.38. The Kier molecular flexibility index (Phi) is 5.48. The van der Waals surface area contributed by atoms with Crippen molar-refractivity contribution in [1.82, 2.24) is 14.8 Å². The second kappa shape index (κ2) is 7.83. The van der Waals surface area contributed by atoms with Gasteiger partial charge in [0.1, 0.15) is 17.3 Å². The zero-order chi connectivity index (χ0) is 18.1. The lowest BCUT2D eigenvalue weighted by atomic mass is 9.85. The van der Waals surface area contributed by atoms with Crippen molar-refractivity contribution in [3.63, 3.8) is 0 Å². The first-order chi connectivity index (χ1) is 12.7. The van der Waals surface area contributed by atoms with Gasteiger partial charge in [0.2, 0.25) is 13.3 Å². The molecule has 2 aliphatic carbocycles. The molecular formula is C19H28BN3O2S. The quantitative estimate of drug-likeness (QED) is 0.789. The molecule has 0 aromatic carbocycles. The lowest BCUT2D eigenvalue weighted by molar-refractivity contribution is 0.122. The molecule has 0 spiro atoms. The molecule has 5 nitrogen and oxygen atoms in total. The van der Waals surface area contributed by atoms with Gasteiger partial charge in [-0.2, -0.15) is 0 Å². The van der Waals surface area contributed by atoms with E-state index in [0.29, 0.717) is 12.0 Å². The second-order valence-electron chi connectivity index (χ2n) is 7.67. The second-order valence-corrected chi connectivity index (χ2v) is 8.75. The van der Waals surface area contributed by atoms with Crippen LogP contribution < -0.4 is 4.74 Å². The van der Waals surface area contributed by atoms with Crippen LogP contribution in [-0.4, -0.2) is 53.1 Å². The van der Waals surface area contributed by atoms with E-state index in [9.17, 15) is 5.11 Å². The summed E-state index contributed by atoms with van der Waals surface area (Å²) in [6, 6.07) is 0.685. The average Bonchev–Trinajstić information content (AvgIpc) is 3.22. The van der Waals surface area contributed by atoms with Gasteiger partial charge < -0.3 is 14.7 Å². The predicted octanol–water partition coefficient (Wildman–Crippen LogP) is 3.12. The van der Waals surface area contributed by atoms with Crippen LogP contribution in [-0.2, 0) is 6.42 Å². The van der Waals surface area contributed by atoms with Gasteiger partial charge in [-0.1, -0.05) is 6.82 Å². The highest BCUT2D eigenvalue weighted by Gasteiger charge is 2.31. The van der Waals surface area contributed by atoms with Gasteiger partial charge in [-0.3, -0.25) is 0 Å². The summed E-state index contributed by atoms with van der Waals surface area (Å²) in [6.45, 7) is 2.46. The SMILES string of the molecule is CBN(C)[C@H]1CC[C@H](Oc2ncnc3sc4c(c23)C(CCO)CC4)CC1. The maximum absolute atomic E-state index is 9.42. The van der Waals surface area contributed by atoms with Gasteiger partial charge >= 0.3 is 0 Å². The maximum atomic E-state index is 9.42. The van der Waals surface area contributed by atoms with Crippen LogP contribution in [0.3, 0.4) is 0 Å². The molecule has 0 bridgehead atoms. The van der Waals surface area contributed by atoms with Crippen LogP contribution in [0.1, 0.15) is 54.9 Å². The lowest BCUT2D eigenvalue weighted by Gasteiger charge is -2.34. The summed E-state index contributed by atoms with van der Waals surface area (Å²) in [5, 5.41) is 10.5. The fraction of sp³-hybridized carbons (Fsp3) is 0.684. The van der Waals surface area contributed by atoms with Gasteiger partial charge in [-0.25, -0.2) is 9.97 Å².